The molecule has 0 saturated carbocycles. The van der Waals surface area contributed by atoms with Crippen molar-refractivity contribution in [2.45, 2.75) is 45.6 Å². The van der Waals surface area contributed by atoms with Crippen LogP contribution in [0.25, 0.3) is 0 Å². The smallest absolute Gasteiger partial charge is 0.0104 e. The predicted octanol–water partition coefficient (Wildman–Crippen LogP) is 1.85. The van der Waals surface area contributed by atoms with E-state index in [1.54, 1.807) is 0 Å². The molecule has 0 heterocycles. The molecular weight excluding hydrogens is 148 g/mol. The third-order valence-electron chi connectivity index (χ3n) is 2.32. The van der Waals surface area contributed by atoms with E-state index in [4.69, 9.17) is 5.73 Å². The molecule has 2 heteroatoms. The number of nitrogens with zero attached hydrogens (tertiary/aromatic N) is 1. The van der Waals surface area contributed by atoms with Crippen LogP contribution in [0.15, 0.2) is 0 Å². The lowest BCUT2D eigenvalue weighted by Gasteiger charge is -2.27. The molecule has 0 aliphatic heterocycles. The topological polar surface area (TPSA) is 29.3 Å². The van der Waals surface area contributed by atoms with E-state index in [9.17, 15) is 0 Å². The van der Waals surface area contributed by atoms with Crippen molar-refractivity contribution in [2.75, 3.05) is 20.1 Å². The summed E-state index contributed by atoms with van der Waals surface area (Å²) in [5.41, 5.74) is 5.57. The largest absolute Gasteiger partial charge is 0.330 e. The molecule has 2 nitrogen and oxygen atoms in total. The molecule has 2 N–H and O–H groups in total. The van der Waals surface area contributed by atoms with Crippen LogP contribution >= 0.6 is 0 Å². The lowest BCUT2D eigenvalue weighted by Crippen LogP contribution is -2.34. The van der Waals surface area contributed by atoms with Gasteiger partial charge in [-0.1, -0.05) is 20.3 Å². The van der Waals surface area contributed by atoms with Crippen LogP contribution in [0.5, 0.6) is 0 Å². The monoisotopic (exact) mass is 172 g/mol. The second-order valence-corrected chi connectivity index (χ2v) is 3.50. The molecule has 0 aliphatic rings. The van der Waals surface area contributed by atoms with Crippen molar-refractivity contribution in [1.82, 2.24) is 4.90 Å². The first-order valence-corrected chi connectivity index (χ1v) is 5.16. The summed E-state index contributed by atoms with van der Waals surface area (Å²) >= 11 is 0. The zero-order chi connectivity index (χ0) is 9.40. The Bertz CT molecular complexity index is 87.8. The van der Waals surface area contributed by atoms with Gasteiger partial charge in [-0.05, 0) is 39.4 Å². The quantitative estimate of drug-likeness (QED) is 0.635. The van der Waals surface area contributed by atoms with Gasteiger partial charge in [0, 0.05) is 6.04 Å². The average Bonchev–Trinajstić information content (AvgIpc) is 2.04. The van der Waals surface area contributed by atoms with E-state index in [2.05, 4.69) is 25.8 Å². The van der Waals surface area contributed by atoms with Gasteiger partial charge in [0.05, 0.1) is 0 Å². The first-order valence-electron chi connectivity index (χ1n) is 5.16. The first-order chi connectivity index (χ1) is 5.76. The molecule has 1 unspecified atom stereocenters. The molecule has 0 rings (SSSR count). The maximum atomic E-state index is 5.57. The first kappa shape index (κ1) is 11.9. The molecule has 0 aliphatic carbocycles. The molecule has 0 bridgehead atoms. The Balaban J connectivity index is 3.72. The molecule has 0 spiro atoms. The molecule has 0 fully saturated rings. The van der Waals surface area contributed by atoms with Gasteiger partial charge in [0.2, 0.25) is 0 Å². The molecule has 0 aromatic rings. The van der Waals surface area contributed by atoms with Crippen molar-refractivity contribution < 1.29 is 0 Å². The summed E-state index contributed by atoms with van der Waals surface area (Å²) in [6, 6.07) is 0.708. The molecule has 0 aromatic heterocycles. The van der Waals surface area contributed by atoms with Crippen molar-refractivity contribution in [1.29, 1.82) is 0 Å². The van der Waals surface area contributed by atoms with E-state index in [0.29, 0.717) is 6.04 Å². The maximum Gasteiger partial charge on any atom is 0.0104 e. The van der Waals surface area contributed by atoms with E-state index in [-0.39, 0.29) is 0 Å². The molecule has 12 heavy (non-hydrogen) atoms. The molecule has 74 valence electrons. The fourth-order valence-electron chi connectivity index (χ4n) is 1.65. The van der Waals surface area contributed by atoms with Gasteiger partial charge in [-0.3, -0.25) is 0 Å². The van der Waals surface area contributed by atoms with Crippen LogP contribution in [0, 0.1) is 0 Å². The third-order valence-corrected chi connectivity index (χ3v) is 2.32. The Kier molecular flexibility index (Phi) is 7.51. The maximum absolute atomic E-state index is 5.57. The standard InChI is InChI=1S/C10H24N2/c1-4-6-10(7-8-11)12(3)9-5-2/h10H,4-9,11H2,1-3H3. The van der Waals surface area contributed by atoms with Crippen LogP contribution in [-0.4, -0.2) is 31.1 Å². The molecule has 0 amide bonds. The summed E-state index contributed by atoms with van der Waals surface area (Å²) in [6.45, 7) is 6.48. The van der Waals surface area contributed by atoms with Crippen LogP contribution in [0.4, 0.5) is 0 Å². The fourth-order valence-corrected chi connectivity index (χ4v) is 1.65. The Labute approximate surface area is 77.1 Å². The predicted molar refractivity (Wildman–Crippen MR) is 55.3 cm³/mol. The summed E-state index contributed by atoms with van der Waals surface area (Å²) < 4.78 is 0. The second-order valence-electron chi connectivity index (χ2n) is 3.50. The highest BCUT2D eigenvalue weighted by atomic mass is 15.1. The highest BCUT2D eigenvalue weighted by Crippen LogP contribution is 2.08. The van der Waals surface area contributed by atoms with Crippen LogP contribution < -0.4 is 5.73 Å². The van der Waals surface area contributed by atoms with Crippen molar-refractivity contribution in [3.05, 3.63) is 0 Å². The van der Waals surface area contributed by atoms with Gasteiger partial charge in [-0.2, -0.15) is 0 Å². The Morgan fingerprint density at radius 2 is 1.83 bits per heavy atom. The number of hydrogen-bond acceptors (Lipinski definition) is 2. The van der Waals surface area contributed by atoms with Gasteiger partial charge < -0.3 is 10.6 Å². The summed E-state index contributed by atoms with van der Waals surface area (Å²) in [4.78, 5) is 2.44. The van der Waals surface area contributed by atoms with Crippen molar-refractivity contribution in [2.24, 2.45) is 5.73 Å². The molecule has 0 radical (unpaired) electrons. The Hall–Kier alpha value is -0.0800. The van der Waals surface area contributed by atoms with Gasteiger partial charge in [0.25, 0.3) is 0 Å². The molecule has 1 atom stereocenters. The van der Waals surface area contributed by atoms with Crippen molar-refractivity contribution >= 4 is 0 Å². The lowest BCUT2D eigenvalue weighted by atomic mass is 10.1. The normalized spacial score (nSPS) is 13.8. The van der Waals surface area contributed by atoms with Gasteiger partial charge in [-0.25, -0.2) is 0 Å². The molecular formula is C10H24N2. The summed E-state index contributed by atoms with van der Waals surface area (Å²) in [5.74, 6) is 0. The minimum atomic E-state index is 0.708. The second kappa shape index (κ2) is 7.56. The van der Waals surface area contributed by atoms with E-state index in [1.165, 1.54) is 25.8 Å². The van der Waals surface area contributed by atoms with Crippen LogP contribution in [0.2, 0.25) is 0 Å². The summed E-state index contributed by atoms with van der Waals surface area (Å²) in [7, 11) is 2.21. The molecule has 0 saturated heterocycles. The van der Waals surface area contributed by atoms with Crippen LogP contribution in [0.3, 0.4) is 0 Å². The Morgan fingerprint density at radius 1 is 1.17 bits per heavy atom. The van der Waals surface area contributed by atoms with E-state index in [1.807, 2.05) is 0 Å². The van der Waals surface area contributed by atoms with E-state index >= 15 is 0 Å². The zero-order valence-electron chi connectivity index (χ0n) is 8.84. The SMILES string of the molecule is CCCC(CCN)N(C)CCC. The lowest BCUT2D eigenvalue weighted by molar-refractivity contribution is 0.220. The highest BCUT2D eigenvalue weighted by molar-refractivity contribution is 4.68. The minimum absolute atomic E-state index is 0.708. The molecule has 0 aromatic carbocycles. The Morgan fingerprint density at radius 3 is 2.25 bits per heavy atom. The summed E-state index contributed by atoms with van der Waals surface area (Å²) in [6.07, 6.45) is 4.93. The van der Waals surface area contributed by atoms with E-state index < -0.39 is 0 Å². The number of rotatable bonds is 7. The summed E-state index contributed by atoms with van der Waals surface area (Å²) in [5, 5.41) is 0. The number of hydrogen-bond donors (Lipinski definition) is 1. The number of nitrogens with two attached hydrogens (primary N) is 1. The van der Waals surface area contributed by atoms with Crippen LogP contribution in [-0.2, 0) is 0 Å². The average molecular weight is 172 g/mol. The minimum Gasteiger partial charge on any atom is -0.330 e. The van der Waals surface area contributed by atoms with Gasteiger partial charge in [0.15, 0.2) is 0 Å². The van der Waals surface area contributed by atoms with Gasteiger partial charge >= 0.3 is 0 Å². The van der Waals surface area contributed by atoms with Crippen molar-refractivity contribution in [3.63, 3.8) is 0 Å². The van der Waals surface area contributed by atoms with Crippen molar-refractivity contribution in [3.8, 4) is 0 Å². The highest BCUT2D eigenvalue weighted by Gasteiger charge is 2.11. The van der Waals surface area contributed by atoms with Gasteiger partial charge in [0.1, 0.15) is 0 Å². The van der Waals surface area contributed by atoms with E-state index in [0.717, 1.165) is 13.0 Å². The third kappa shape index (κ3) is 4.73. The fraction of sp³-hybridized carbons (Fsp3) is 1.00. The van der Waals surface area contributed by atoms with Gasteiger partial charge in [-0.15, -0.1) is 0 Å². The zero-order valence-corrected chi connectivity index (χ0v) is 8.84. The van der Waals surface area contributed by atoms with Crippen LogP contribution in [0.1, 0.15) is 39.5 Å².